The third-order valence-corrected chi connectivity index (χ3v) is 6.12. The van der Waals surface area contributed by atoms with Crippen LogP contribution in [0.4, 0.5) is 22.4 Å². The van der Waals surface area contributed by atoms with Gasteiger partial charge in [-0.05, 0) is 32.0 Å². The first-order valence-corrected chi connectivity index (χ1v) is 10.3. The molecule has 12 heteroatoms. The molecule has 1 saturated heterocycles. The van der Waals surface area contributed by atoms with Crippen molar-refractivity contribution in [1.82, 2.24) is 24.7 Å². The summed E-state index contributed by atoms with van der Waals surface area (Å²) >= 11 is 0. The standard InChI is InChI=1S/C19H24FN5O.C2HF3O2/c1-21-18(26)24-8-6-19(7-9-24)17-22-13-16(25(17)11-10-23(19)2)14-4-3-5-15(20)12-14;3-2(4,5)1(6)7/h3-5,12-13H,6-11H2,1-2H3,(H,21,26);(H,6,7). The number of carbonyl (C=O) groups is 2. The highest BCUT2D eigenvalue weighted by Gasteiger charge is 2.46. The number of carboxylic acid groups (broad SMARTS) is 1. The second-order valence-corrected chi connectivity index (χ2v) is 7.93. The number of carboxylic acids is 1. The van der Waals surface area contributed by atoms with Crippen molar-refractivity contribution < 1.29 is 32.3 Å². The number of fused-ring (bicyclic) bond motifs is 2. The number of halogens is 4. The molecule has 2 N–H and O–H groups in total. The Balaban J connectivity index is 0.000000383. The number of alkyl halides is 3. The number of imidazole rings is 1. The van der Waals surface area contributed by atoms with Gasteiger partial charge in [-0.1, -0.05) is 12.1 Å². The Bertz CT molecular complexity index is 1020. The van der Waals surface area contributed by atoms with Crippen molar-refractivity contribution >= 4 is 12.0 Å². The van der Waals surface area contributed by atoms with E-state index in [1.165, 1.54) is 6.07 Å². The van der Waals surface area contributed by atoms with Crippen molar-refractivity contribution in [1.29, 1.82) is 0 Å². The van der Waals surface area contributed by atoms with Gasteiger partial charge in [0.15, 0.2) is 0 Å². The average Bonchev–Trinajstić information content (AvgIpc) is 3.21. The number of urea groups is 1. The van der Waals surface area contributed by atoms with E-state index in [1.807, 2.05) is 17.2 Å². The topological polar surface area (TPSA) is 90.7 Å². The predicted molar refractivity (Wildman–Crippen MR) is 111 cm³/mol. The molecular weight excluding hydrogens is 446 g/mol. The summed E-state index contributed by atoms with van der Waals surface area (Å²) in [7, 11) is 3.80. The lowest BCUT2D eigenvalue weighted by Crippen LogP contribution is -2.57. The van der Waals surface area contributed by atoms with E-state index in [0.717, 1.165) is 43.0 Å². The summed E-state index contributed by atoms with van der Waals surface area (Å²) < 4.78 is 47.6. The maximum absolute atomic E-state index is 13.7. The van der Waals surface area contributed by atoms with E-state index in [9.17, 15) is 22.4 Å². The maximum Gasteiger partial charge on any atom is 0.490 e. The second-order valence-electron chi connectivity index (χ2n) is 7.93. The fraction of sp³-hybridized carbons (Fsp3) is 0.476. The van der Waals surface area contributed by atoms with Gasteiger partial charge in [0, 0.05) is 38.8 Å². The normalized spacial score (nSPS) is 17.7. The quantitative estimate of drug-likeness (QED) is 0.625. The van der Waals surface area contributed by atoms with E-state index in [1.54, 1.807) is 19.2 Å². The molecule has 2 aliphatic heterocycles. The number of likely N-dealkylation sites (tertiary alicyclic amines) is 1. The molecule has 2 amide bonds. The number of aliphatic carboxylic acids is 1. The summed E-state index contributed by atoms with van der Waals surface area (Å²) in [6, 6.07) is 6.65. The van der Waals surface area contributed by atoms with Crippen molar-refractivity contribution in [2.24, 2.45) is 0 Å². The zero-order valence-electron chi connectivity index (χ0n) is 18.2. The Labute approximate surface area is 187 Å². The summed E-state index contributed by atoms with van der Waals surface area (Å²) in [5.74, 6) is -1.96. The molecule has 0 atom stereocenters. The summed E-state index contributed by atoms with van der Waals surface area (Å²) in [5, 5.41) is 9.83. The molecule has 8 nitrogen and oxygen atoms in total. The molecule has 33 heavy (non-hydrogen) atoms. The molecule has 3 heterocycles. The molecule has 0 saturated carbocycles. The van der Waals surface area contributed by atoms with Gasteiger partial charge in [-0.15, -0.1) is 0 Å². The van der Waals surface area contributed by atoms with Gasteiger partial charge in [0.25, 0.3) is 0 Å². The Kier molecular flexibility index (Phi) is 6.96. The zero-order chi connectivity index (χ0) is 24.4. The van der Waals surface area contributed by atoms with Crippen LogP contribution in [0, 0.1) is 5.82 Å². The summed E-state index contributed by atoms with van der Waals surface area (Å²) in [5.41, 5.74) is 1.64. The molecule has 2 aromatic rings. The minimum Gasteiger partial charge on any atom is -0.475 e. The van der Waals surface area contributed by atoms with Crippen molar-refractivity contribution in [2.75, 3.05) is 33.7 Å². The molecule has 2 aliphatic rings. The molecular formula is C21H25F4N5O3. The number of nitrogens with zero attached hydrogens (tertiary/aromatic N) is 4. The van der Waals surface area contributed by atoms with Gasteiger partial charge in [-0.2, -0.15) is 13.2 Å². The largest absolute Gasteiger partial charge is 0.490 e. The number of rotatable bonds is 1. The van der Waals surface area contributed by atoms with Crippen LogP contribution in [-0.2, 0) is 16.9 Å². The van der Waals surface area contributed by atoms with E-state index in [2.05, 4.69) is 21.8 Å². The maximum atomic E-state index is 13.7. The van der Waals surface area contributed by atoms with Gasteiger partial charge < -0.3 is 19.9 Å². The molecule has 0 bridgehead atoms. The van der Waals surface area contributed by atoms with Crippen LogP contribution in [0.25, 0.3) is 11.3 Å². The lowest BCUT2D eigenvalue weighted by atomic mass is 9.83. The highest BCUT2D eigenvalue weighted by molar-refractivity contribution is 5.74. The Morgan fingerprint density at radius 3 is 2.33 bits per heavy atom. The van der Waals surface area contributed by atoms with Gasteiger partial charge in [0.05, 0.1) is 17.4 Å². The zero-order valence-corrected chi connectivity index (χ0v) is 18.2. The van der Waals surface area contributed by atoms with E-state index in [4.69, 9.17) is 14.9 Å². The lowest BCUT2D eigenvalue weighted by molar-refractivity contribution is -0.192. The minimum absolute atomic E-state index is 0.0258. The van der Waals surface area contributed by atoms with Crippen LogP contribution in [0.15, 0.2) is 30.5 Å². The van der Waals surface area contributed by atoms with Crippen LogP contribution in [0.2, 0.25) is 0 Å². The Hall–Kier alpha value is -3.15. The smallest absolute Gasteiger partial charge is 0.475 e. The molecule has 0 aliphatic carbocycles. The van der Waals surface area contributed by atoms with Gasteiger partial charge in [-0.25, -0.2) is 19.0 Å². The third kappa shape index (κ3) is 4.95. The molecule has 1 aromatic carbocycles. The Morgan fingerprint density at radius 1 is 1.15 bits per heavy atom. The first-order valence-electron chi connectivity index (χ1n) is 10.3. The number of hydrogen-bond donors (Lipinski definition) is 2. The van der Waals surface area contributed by atoms with Crippen molar-refractivity contribution in [3.63, 3.8) is 0 Å². The molecule has 0 unspecified atom stereocenters. The van der Waals surface area contributed by atoms with Crippen LogP contribution >= 0.6 is 0 Å². The number of carbonyl (C=O) groups excluding carboxylic acids is 1. The monoisotopic (exact) mass is 471 g/mol. The van der Waals surface area contributed by atoms with Crippen LogP contribution in [0.1, 0.15) is 18.7 Å². The molecule has 1 spiro atoms. The van der Waals surface area contributed by atoms with Gasteiger partial charge in [0.2, 0.25) is 0 Å². The number of piperidine rings is 1. The predicted octanol–water partition coefficient (Wildman–Crippen LogP) is 2.90. The summed E-state index contributed by atoms with van der Waals surface area (Å²) in [6.07, 6.45) is -1.54. The second kappa shape index (κ2) is 9.38. The highest BCUT2D eigenvalue weighted by atomic mass is 19.4. The summed E-state index contributed by atoms with van der Waals surface area (Å²) in [6.45, 7) is 3.14. The van der Waals surface area contributed by atoms with Gasteiger partial charge in [-0.3, -0.25) is 4.90 Å². The molecule has 0 radical (unpaired) electrons. The third-order valence-electron chi connectivity index (χ3n) is 6.12. The van der Waals surface area contributed by atoms with Crippen LogP contribution in [-0.4, -0.2) is 76.4 Å². The molecule has 4 rings (SSSR count). The van der Waals surface area contributed by atoms with Gasteiger partial charge >= 0.3 is 18.2 Å². The number of amides is 2. The van der Waals surface area contributed by atoms with E-state index < -0.39 is 12.1 Å². The Morgan fingerprint density at radius 2 is 1.79 bits per heavy atom. The van der Waals surface area contributed by atoms with E-state index in [-0.39, 0.29) is 17.4 Å². The first-order chi connectivity index (χ1) is 15.5. The SMILES string of the molecule is CNC(=O)N1CCC2(CC1)c1ncc(-c3cccc(F)c3)n1CCN2C.O=C(O)C(F)(F)F. The number of likely N-dealkylation sites (N-methyl/N-ethyl adjacent to an activating group) is 1. The van der Waals surface area contributed by atoms with Crippen LogP contribution in [0.3, 0.4) is 0 Å². The molecule has 180 valence electrons. The fourth-order valence-electron chi connectivity index (χ4n) is 4.33. The van der Waals surface area contributed by atoms with Crippen molar-refractivity contribution in [3.8, 4) is 11.3 Å². The first kappa shape index (κ1) is 24.5. The highest BCUT2D eigenvalue weighted by Crippen LogP contribution is 2.41. The van der Waals surface area contributed by atoms with Crippen molar-refractivity contribution in [3.05, 3.63) is 42.1 Å². The van der Waals surface area contributed by atoms with Crippen LogP contribution < -0.4 is 5.32 Å². The molecule has 1 aromatic heterocycles. The number of nitrogens with one attached hydrogen (secondary N) is 1. The number of aromatic nitrogens is 2. The van der Waals surface area contributed by atoms with Gasteiger partial charge in [0.1, 0.15) is 11.6 Å². The molecule has 1 fully saturated rings. The number of benzene rings is 1. The van der Waals surface area contributed by atoms with E-state index >= 15 is 0 Å². The lowest BCUT2D eigenvalue weighted by Gasteiger charge is -2.49. The summed E-state index contributed by atoms with van der Waals surface area (Å²) in [4.78, 5) is 29.8. The average molecular weight is 471 g/mol. The van der Waals surface area contributed by atoms with Crippen LogP contribution in [0.5, 0.6) is 0 Å². The van der Waals surface area contributed by atoms with Crippen molar-refractivity contribution in [2.45, 2.75) is 31.1 Å². The number of hydrogen-bond acceptors (Lipinski definition) is 4. The fourth-order valence-corrected chi connectivity index (χ4v) is 4.33. The minimum atomic E-state index is -5.08. The van der Waals surface area contributed by atoms with E-state index in [0.29, 0.717) is 13.1 Å².